The summed E-state index contributed by atoms with van der Waals surface area (Å²) in [5, 5.41) is 40.7. The molecule has 4 rings (SSSR count). The van der Waals surface area contributed by atoms with Crippen LogP contribution in [0.1, 0.15) is 49.8 Å². The van der Waals surface area contributed by atoms with E-state index in [1.165, 1.54) is 11.8 Å². The van der Waals surface area contributed by atoms with Crippen molar-refractivity contribution in [2.24, 2.45) is 0 Å². The molecular formula is C15H18N8OS. The molecule has 10 heteroatoms. The zero-order chi connectivity index (χ0) is 17.2. The predicted octanol–water partition coefficient (Wildman–Crippen LogP) is 1.91. The van der Waals surface area contributed by atoms with Crippen LogP contribution in [-0.2, 0) is 13.0 Å². The van der Waals surface area contributed by atoms with Gasteiger partial charge in [-0.05, 0) is 36.1 Å². The first-order valence-corrected chi connectivity index (χ1v) is 9.42. The number of aliphatic hydroxyl groups excluding tert-OH is 1. The van der Waals surface area contributed by atoms with Gasteiger partial charge in [-0.1, -0.05) is 18.2 Å². The monoisotopic (exact) mass is 358 g/mol. The van der Waals surface area contributed by atoms with E-state index in [1.54, 1.807) is 4.68 Å². The van der Waals surface area contributed by atoms with Crippen molar-refractivity contribution in [2.75, 3.05) is 5.75 Å². The van der Waals surface area contributed by atoms with Crippen molar-refractivity contribution < 1.29 is 5.11 Å². The maximum absolute atomic E-state index is 10.5. The van der Waals surface area contributed by atoms with Crippen LogP contribution in [0.5, 0.6) is 0 Å². The van der Waals surface area contributed by atoms with E-state index in [-0.39, 0.29) is 17.1 Å². The van der Waals surface area contributed by atoms with Crippen LogP contribution in [0.2, 0.25) is 0 Å². The SMILES string of the molecule is N#C/C(=C(/O)CSc1nnnn1C1CC1)c1nnc2n1CCCCC2. The lowest BCUT2D eigenvalue weighted by atomic mass is 10.2. The minimum atomic E-state index is -0.0164. The van der Waals surface area contributed by atoms with E-state index in [2.05, 4.69) is 31.8 Å². The standard InChI is InChI=1S/C15H18N8OS/c16-8-11(14-18-17-13-4-2-1-3-7-22(13)14)12(24)9-25-15-19-20-21-23(15)10-5-6-10/h10,24H,1-7,9H2/b12-11-. The molecule has 3 heterocycles. The lowest BCUT2D eigenvalue weighted by Crippen LogP contribution is -2.07. The molecule has 2 aromatic heterocycles. The highest BCUT2D eigenvalue weighted by molar-refractivity contribution is 7.99. The summed E-state index contributed by atoms with van der Waals surface area (Å²) in [6.45, 7) is 0.781. The molecule has 1 saturated carbocycles. The van der Waals surface area contributed by atoms with Gasteiger partial charge in [0.05, 0.1) is 11.8 Å². The lowest BCUT2D eigenvalue weighted by Gasteiger charge is -2.08. The van der Waals surface area contributed by atoms with E-state index in [0.29, 0.717) is 17.0 Å². The molecule has 0 aromatic carbocycles. The molecule has 0 atom stereocenters. The molecule has 1 aliphatic carbocycles. The molecule has 9 nitrogen and oxygen atoms in total. The summed E-state index contributed by atoms with van der Waals surface area (Å²) in [5.41, 5.74) is 0.179. The summed E-state index contributed by atoms with van der Waals surface area (Å²) in [7, 11) is 0. The van der Waals surface area contributed by atoms with Crippen molar-refractivity contribution in [3.05, 3.63) is 17.4 Å². The van der Waals surface area contributed by atoms with Crippen LogP contribution < -0.4 is 0 Å². The van der Waals surface area contributed by atoms with Crippen molar-refractivity contribution in [3.63, 3.8) is 0 Å². The van der Waals surface area contributed by atoms with Gasteiger partial charge in [-0.3, -0.25) is 0 Å². The summed E-state index contributed by atoms with van der Waals surface area (Å²) in [4.78, 5) is 0. The van der Waals surface area contributed by atoms with Crippen molar-refractivity contribution in [1.82, 2.24) is 35.0 Å². The zero-order valence-electron chi connectivity index (χ0n) is 13.7. The summed E-state index contributed by atoms with van der Waals surface area (Å²) in [6.07, 6.45) is 6.26. The number of hydrogen-bond acceptors (Lipinski definition) is 8. The Balaban J connectivity index is 1.56. The molecule has 0 unspecified atom stereocenters. The summed E-state index contributed by atoms with van der Waals surface area (Å²) in [6, 6.07) is 2.46. The maximum Gasteiger partial charge on any atom is 0.210 e. The Morgan fingerprint density at radius 3 is 2.92 bits per heavy atom. The molecule has 1 aliphatic heterocycles. The Hall–Kier alpha value is -2.41. The number of hydrogen-bond donors (Lipinski definition) is 1. The van der Waals surface area contributed by atoms with Crippen LogP contribution >= 0.6 is 11.8 Å². The first-order chi connectivity index (χ1) is 12.3. The predicted molar refractivity (Wildman–Crippen MR) is 89.6 cm³/mol. The fourth-order valence-corrected chi connectivity index (χ4v) is 3.77. The zero-order valence-corrected chi connectivity index (χ0v) is 14.5. The lowest BCUT2D eigenvalue weighted by molar-refractivity contribution is 0.419. The van der Waals surface area contributed by atoms with Gasteiger partial charge in [-0.2, -0.15) is 5.26 Å². The van der Waals surface area contributed by atoms with Gasteiger partial charge in [0.15, 0.2) is 5.82 Å². The van der Waals surface area contributed by atoms with Crippen molar-refractivity contribution in [1.29, 1.82) is 5.26 Å². The minimum Gasteiger partial charge on any atom is -0.510 e. The van der Waals surface area contributed by atoms with Gasteiger partial charge in [0.2, 0.25) is 5.16 Å². The van der Waals surface area contributed by atoms with Gasteiger partial charge < -0.3 is 9.67 Å². The van der Waals surface area contributed by atoms with E-state index in [4.69, 9.17) is 0 Å². The number of aromatic nitrogens is 7. The van der Waals surface area contributed by atoms with Crippen molar-refractivity contribution in [3.8, 4) is 6.07 Å². The molecule has 1 fully saturated rings. The molecule has 0 bridgehead atoms. The van der Waals surface area contributed by atoms with Gasteiger partial charge in [-0.15, -0.1) is 15.3 Å². The molecule has 0 amide bonds. The smallest absolute Gasteiger partial charge is 0.210 e. The molecule has 1 N–H and O–H groups in total. The Labute approximate surface area is 148 Å². The van der Waals surface area contributed by atoms with E-state index in [1.807, 2.05) is 4.57 Å². The van der Waals surface area contributed by atoms with E-state index in [0.717, 1.165) is 50.9 Å². The third-order valence-corrected chi connectivity index (χ3v) is 5.37. The third-order valence-electron chi connectivity index (χ3n) is 4.43. The van der Waals surface area contributed by atoms with Gasteiger partial charge >= 0.3 is 0 Å². The highest BCUT2D eigenvalue weighted by Gasteiger charge is 2.28. The van der Waals surface area contributed by atoms with Gasteiger partial charge in [0, 0.05) is 13.0 Å². The molecule has 2 aliphatic rings. The number of aliphatic hydroxyl groups is 1. The molecule has 25 heavy (non-hydrogen) atoms. The molecular weight excluding hydrogens is 340 g/mol. The minimum absolute atomic E-state index is 0.0164. The summed E-state index contributed by atoms with van der Waals surface area (Å²) >= 11 is 1.32. The highest BCUT2D eigenvalue weighted by Crippen LogP contribution is 2.36. The number of tetrazole rings is 1. The molecule has 0 saturated heterocycles. The normalized spacial score (nSPS) is 18.2. The maximum atomic E-state index is 10.5. The topological polar surface area (TPSA) is 118 Å². The number of allylic oxidation sites excluding steroid dienone is 1. The van der Waals surface area contributed by atoms with Crippen molar-refractivity contribution >= 4 is 17.3 Å². The van der Waals surface area contributed by atoms with Gasteiger partial charge in [0.25, 0.3) is 0 Å². The largest absolute Gasteiger partial charge is 0.510 e. The highest BCUT2D eigenvalue weighted by atomic mass is 32.2. The van der Waals surface area contributed by atoms with Crippen LogP contribution in [0.3, 0.4) is 0 Å². The molecule has 130 valence electrons. The Bertz CT molecular complexity index is 844. The fraction of sp³-hybridized carbons (Fsp3) is 0.600. The van der Waals surface area contributed by atoms with Crippen LogP contribution in [0.4, 0.5) is 0 Å². The van der Waals surface area contributed by atoms with E-state index < -0.39 is 0 Å². The average molecular weight is 358 g/mol. The van der Waals surface area contributed by atoms with Crippen LogP contribution in [0, 0.1) is 11.3 Å². The number of rotatable bonds is 5. The Morgan fingerprint density at radius 1 is 1.24 bits per heavy atom. The average Bonchev–Trinajstić information content (AvgIpc) is 3.31. The van der Waals surface area contributed by atoms with Crippen LogP contribution in [0.25, 0.3) is 5.57 Å². The van der Waals surface area contributed by atoms with E-state index >= 15 is 0 Å². The van der Waals surface area contributed by atoms with E-state index in [9.17, 15) is 10.4 Å². The van der Waals surface area contributed by atoms with Gasteiger partial charge in [-0.25, -0.2) is 4.68 Å². The molecule has 2 aromatic rings. The van der Waals surface area contributed by atoms with Crippen molar-refractivity contribution in [2.45, 2.75) is 56.3 Å². The Kier molecular flexibility index (Phi) is 4.40. The Morgan fingerprint density at radius 2 is 2.12 bits per heavy atom. The summed E-state index contributed by atoms with van der Waals surface area (Å²) in [5.74, 6) is 1.55. The molecule has 0 spiro atoms. The molecule has 0 radical (unpaired) electrons. The van der Waals surface area contributed by atoms with Crippen LogP contribution in [-0.4, -0.2) is 45.8 Å². The summed E-state index contributed by atoms with van der Waals surface area (Å²) < 4.78 is 3.74. The number of nitriles is 1. The number of nitrogens with zero attached hydrogens (tertiary/aromatic N) is 8. The number of aryl methyl sites for hydroxylation is 1. The third kappa shape index (κ3) is 3.24. The second kappa shape index (κ2) is 6.84. The number of fused-ring (bicyclic) bond motifs is 1. The second-order valence-corrected chi connectivity index (χ2v) is 7.20. The van der Waals surface area contributed by atoms with Crippen LogP contribution in [0.15, 0.2) is 10.9 Å². The quantitative estimate of drug-likeness (QED) is 0.489. The second-order valence-electron chi connectivity index (χ2n) is 6.26. The first-order valence-electron chi connectivity index (χ1n) is 8.43. The van der Waals surface area contributed by atoms with Gasteiger partial charge in [0.1, 0.15) is 23.2 Å². The first kappa shape index (κ1) is 16.1. The number of thioether (sulfide) groups is 1. The fourth-order valence-electron chi connectivity index (χ4n) is 2.95.